The van der Waals surface area contributed by atoms with Gasteiger partial charge in [0.1, 0.15) is 22.9 Å². The molecular weight excluding hydrogens is 505 g/mol. The van der Waals surface area contributed by atoms with E-state index in [9.17, 15) is 36.2 Å². The number of nitrogens with one attached hydrogen (secondary N) is 1. The van der Waals surface area contributed by atoms with Crippen molar-refractivity contribution in [1.29, 1.82) is 5.26 Å². The van der Waals surface area contributed by atoms with Crippen molar-refractivity contribution in [2.24, 2.45) is 0 Å². The zero-order chi connectivity index (χ0) is 22.9. The summed E-state index contributed by atoms with van der Waals surface area (Å²) in [7, 11) is 0. The summed E-state index contributed by atoms with van der Waals surface area (Å²) in [5.74, 6) is -0.611. The minimum Gasteiger partial charge on any atom is -0.604 e. The fraction of sp³-hybridized carbons (Fsp3) is 0.200. The van der Waals surface area contributed by atoms with E-state index in [1.165, 1.54) is 12.1 Å². The number of hydrogen-bond acceptors (Lipinski definition) is 4. The second-order valence-electron chi connectivity index (χ2n) is 5.29. The molecule has 15 heteroatoms. The molecule has 162 valence electrons. The van der Waals surface area contributed by atoms with Crippen LogP contribution in [0.4, 0.5) is 32.2 Å². The van der Waals surface area contributed by atoms with E-state index >= 15 is 0 Å². The summed E-state index contributed by atoms with van der Waals surface area (Å²) in [6.07, 6.45) is -3.55. The number of nitriles is 1. The average molecular weight is 512 g/mol. The third-order valence-electron chi connectivity index (χ3n) is 3.38. The van der Waals surface area contributed by atoms with Crippen molar-refractivity contribution >= 4 is 51.8 Å². The summed E-state index contributed by atoms with van der Waals surface area (Å²) in [6.45, 7) is -0.210. The maximum Gasteiger partial charge on any atom is 0.578 e. The number of benzene rings is 1. The van der Waals surface area contributed by atoms with E-state index < -0.39 is 60.6 Å². The lowest BCUT2D eigenvalue weighted by Crippen LogP contribution is -2.25. The molecule has 0 radical (unpaired) electrons. The molecule has 1 heterocycles. The highest BCUT2D eigenvalue weighted by Crippen LogP contribution is 2.42. The van der Waals surface area contributed by atoms with E-state index in [2.05, 4.69) is 10.4 Å². The van der Waals surface area contributed by atoms with Crippen LogP contribution in [0.2, 0.25) is 10.0 Å². The second kappa shape index (κ2) is 9.15. The molecule has 1 atom stereocenters. The van der Waals surface area contributed by atoms with Crippen molar-refractivity contribution in [3.63, 3.8) is 0 Å². The third kappa shape index (κ3) is 5.09. The van der Waals surface area contributed by atoms with Gasteiger partial charge in [0.05, 0.1) is 15.6 Å². The zero-order valence-electron chi connectivity index (χ0n) is 14.1. The number of rotatable bonds is 5. The number of aromatic nitrogens is 2. The van der Waals surface area contributed by atoms with Gasteiger partial charge in [-0.05, 0) is 12.1 Å². The summed E-state index contributed by atoms with van der Waals surface area (Å²) < 4.78 is 90.7. The van der Waals surface area contributed by atoms with Crippen LogP contribution in [0.5, 0.6) is 0 Å². The highest BCUT2D eigenvalue weighted by molar-refractivity contribution is 7.92. The number of nitrogens with zero attached hydrogens (tertiary/aromatic N) is 3. The van der Waals surface area contributed by atoms with Crippen LogP contribution >= 0.6 is 34.8 Å². The van der Waals surface area contributed by atoms with Gasteiger partial charge >= 0.3 is 11.7 Å². The Morgan fingerprint density at radius 1 is 1.20 bits per heavy atom. The molecule has 2 aromatic rings. The van der Waals surface area contributed by atoms with E-state index in [0.29, 0.717) is 16.8 Å². The van der Waals surface area contributed by atoms with Crippen LogP contribution in [-0.4, -0.2) is 26.4 Å². The maximum atomic E-state index is 13.1. The SMILES string of the molecule is N#Cc1nn(-c2c(Cl)cc(C(F)(F)F)cc2Cl)c(NC/C=C/Cl)c1[S+]([O-])C(F)(F)F. The summed E-state index contributed by atoms with van der Waals surface area (Å²) in [5, 5.41) is 14.0. The monoisotopic (exact) mass is 510 g/mol. The lowest BCUT2D eigenvalue weighted by molar-refractivity contribution is -0.137. The molecule has 1 aromatic carbocycles. The molecule has 2 rings (SSSR count). The normalized spacial score (nSPS) is 13.5. The molecule has 1 unspecified atom stereocenters. The zero-order valence-corrected chi connectivity index (χ0v) is 17.2. The van der Waals surface area contributed by atoms with Crippen molar-refractivity contribution in [2.45, 2.75) is 16.6 Å². The highest BCUT2D eigenvalue weighted by Gasteiger charge is 2.50. The van der Waals surface area contributed by atoms with E-state index in [0.717, 1.165) is 5.54 Å². The smallest absolute Gasteiger partial charge is 0.578 e. The predicted molar refractivity (Wildman–Crippen MR) is 99.2 cm³/mol. The number of anilines is 1. The van der Waals surface area contributed by atoms with Gasteiger partial charge in [-0.15, -0.1) is 18.3 Å². The molecular formula is C15H7Cl3F6N4OS. The van der Waals surface area contributed by atoms with Gasteiger partial charge in [-0.3, -0.25) is 0 Å². The Labute approximate surface area is 183 Å². The van der Waals surface area contributed by atoms with Gasteiger partial charge in [-0.2, -0.15) is 18.4 Å². The van der Waals surface area contributed by atoms with Gasteiger partial charge in [0.2, 0.25) is 10.6 Å². The fourth-order valence-electron chi connectivity index (χ4n) is 2.22. The molecule has 0 amide bonds. The Balaban J connectivity index is 2.80. The number of hydrogen-bond donors (Lipinski definition) is 1. The molecule has 0 fully saturated rings. The Hall–Kier alpha value is -1.78. The molecule has 0 aliphatic heterocycles. The minimum absolute atomic E-state index is 0.210. The van der Waals surface area contributed by atoms with Gasteiger partial charge in [-0.25, -0.2) is 4.68 Å². The van der Waals surface area contributed by atoms with Crippen LogP contribution in [0.1, 0.15) is 11.3 Å². The van der Waals surface area contributed by atoms with Crippen LogP contribution < -0.4 is 5.32 Å². The summed E-state index contributed by atoms with van der Waals surface area (Å²) >= 11 is 13.4. The minimum atomic E-state index is -5.26. The van der Waals surface area contributed by atoms with Crippen molar-refractivity contribution in [3.8, 4) is 11.8 Å². The molecule has 1 N–H and O–H groups in total. The van der Waals surface area contributed by atoms with Crippen LogP contribution in [0.15, 0.2) is 28.6 Å². The number of halogens is 9. The number of alkyl halides is 6. The molecule has 0 aliphatic rings. The summed E-state index contributed by atoms with van der Waals surface area (Å²) in [6, 6.07) is 2.34. The molecule has 0 saturated heterocycles. The Morgan fingerprint density at radius 2 is 1.77 bits per heavy atom. The van der Waals surface area contributed by atoms with Crippen LogP contribution in [0.3, 0.4) is 0 Å². The lowest BCUT2D eigenvalue weighted by Gasteiger charge is -2.16. The van der Waals surface area contributed by atoms with E-state index in [4.69, 9.17) is 34.8 Å². The fourth-order valence-corrected chi connectivity index (χ4v) is 3.78. The summed E-state index contributed by atoms with van der Waals surface area (Å²) in [5.41, 5.74) is -6.79. The molecule has 0 bridgehead atoms. The second-order valence-corrected chi connectivity index (χ2v) is 7.77. The van der Waals surface area contributed by atoms with Crippen molar-refractivity contribution < 1.29 is 30.9 Å². The first-order chi connectivity index (χ1) is 13.8. The first kappa shape index (κ1) is 24.5. The van der Waals surface area contributed by atoms with Crippen molar-refractivity contribution in [2.75, 3.05) is 11.9 Å². The third-order valence-corrected chi connectivity index (χ3v) is 5.31. The molecule has 0 spiro atoms. The first-order valence-corrected chi connectivity index (χ1v) is 9.74. The van der Waals surface area contributed by atoms with Crippen molar-refractivity contribution in [3.05, 3.63) is 45.0 Å². The van der Waals surface area contributed by atoms with Gasteiger partial charge in [-0.1, -0.05) is 40.9 Å². The molecule has 30 heavy (non-hydrogen) atoms. The standard InChI is InChI=1S/C15H7Cl3F6N4OS/c16-2-1-3-26-13-12(30(29)15(22,23)24)10(6-25)27-28(13)11-8(17)4-7(5-9(11)18)14(19,20)21/h1-2,4-5,26H,3H2/b2-1+. The van der Waals surface area contributed by atoms with E-state index in [1.807, 2.05) is 0 Å². The topological polar surface area (TPSA) is 76.7 Å². The largest absolute Gasteiger partial charge is 0.604 e. The Kier molecular flexibility index (Phi) is 7.47. The van der Waals surface area contributed by atoms with Crippen molar-refractivity contribution in [1.82, 2.24) is 9.78 Å². The van der Waals surface area contributed by atoms with Gasteiger partial charge in [0.15, 0.2) is 5.82 Å². The van der Waals surface area contributed by atoms with Crippen LogP contribution in [-0.2, 0) is 17.4 Å². The molecule has 5 nitrogen and oxygen atoms in total. The van der Waals surface area contributed by atoms with E-state index in [1.54, 1.807) is 0 Å². The molecule has 1 aromatic heterocycles. The lowest BCUT2D eigenvalue weighted by atomic mass is 10.2. The van der Waals surface area contributed by atoms with Gasteiger partial charge in [0.25, 0.3) is 0 Å². The highest BCUT2D eigenvalue weighted by atomic mass is 35.5. The Morgan fingerprint density at radius 3 is 2.20 bits per heavy atom. The molecule has 0 aliphatic carbocycles. The molecule has 0 saturated carbocycles. The maximum absolute atomic E-state index is 13.1. The first-order valence-electron chi connectivity index (χ1n) is 7.40. The average Bonchev–Trinajstić information content (AvgIpc) is 2.97. The van der Waals surface area contributed by atoms with Gasteiger partial charge in [0, 0.05) is 12.1 Å². The predicted octanol–water partition coefficient (Wildman–Crippen LogP) is 5.86. The van der Waals surface area contributed by atoms with E-state index in [-0.39, 0.29) is 6.54 Å². The Bertz CT molecular complexity index is 993. The summed E-state index contributed by atoms with van der Waals surface area (Å²) in [4.78, 5) is -1.04. The van der Waals surface area contributed by atoms with Gasteiger partial charge < -0.3 is 9.87 Å². The quantitative estimate of drug-likeness (QED) is 0.403. The van der Waals surface area contributed by atoms with Crippen LogP contribution in [0, 0.1) is 11.3 Å². The van der Waals surface area contributed by atoms with Crippen LogP contribution in [0.25, 0.3) is 5.69 Å².